The standard InChI is InChI=1S/C24H29N3OS/c1-24(2,3)19-9-11-21(12-10-19)28-23-25-17-22(29-23)18-26-13-15-27(16-14-26)20-7-5-4-6-8-20/h4-12,17H,13-16,18H2,1-3H3/p+1. The highest BCUT2D eigenvalue weighted by molar-refractivity contribution is 7.13. The van der Waals surface area contributed by atoms with Gasteiger partial charge in [0, 0.05) is 5.69 Å². The molecule has 0 saturated carbocycles. The molecule has 0 amide bonds. The van der Waals surface area contributed by atoms with Crippen LogP contribution in [0.4, 0.5) is 5.69 Å². The number of hydrogen-bond donors (Lipinski definition) is 1. The van der Waals surface area contributed by atoms with Crippen molar-refractivity contribution >= 4 is 17.0 Å². The Morgan fingerprint density at radius 2 is 1.69 bits per heavy atom. The number of ether oxygens (including phenoxy) is 1. The largest absolute Gasteiger partial charge is 0.431 e. The lowest BCUT2D eigenvalue weighted by Gasteiger charge is -2.33. The molecule has 1 N–H and O–H groups in total. The minimum Gasteiger partial charge on any atom is -0.431 e. The van der Waals surface area contributed by atoms with Gasteiger partial charge in [-0.05, 0) is 35.2 Å². The van der Waals surface area contributed by atoms with Gasteiger partial charge in [0.2, 0.25) is 0 Å². The van der Waals surface area contributed by atoms with Gasteiger partial charge in [0.15, 0.2) is 0 Å². The normalized spacial score (nSPS) is 15.5. The fraction of sp³-hybridized carbons (Fsp3) is 0.375. The van der Waals surface area contributed by atoms with E-state index >= 15 is 0 Å². The van der Waals surface area contributed by atoms with Crippen LogP contribution in [0, 0.1) is 0 Å². The van der Waals surface area contributed by atoms with E-state index < -0.39 is 0 Å². The summed E-state index contributed by atoms with van der Waals surface area (Å²) < 4.78 is 5.98. The number of piperazine rings is 1. The average molecular weight is 409 g/mol. The topological polar surface area (TPSA) is 29.8 Å². The molecule has 5 heteroatoms. The molecule has 0 aliphatic carbocycles. The molecule has 0 unspecified atom stereocenters. The molecule has 4 nitrogen and oxygen atoms in total. The maximum atomic E-state index is 5.98. The molecule has 0 atom stereocenters. The summed E-state index contributed by atoms with van der Waals surface area (Å²) in [6.45, 7) is 12.2. The first-order valence-electron chi connectivity index (χ1n) is 10.3. The number of para-hydroxylation sites is 1. The first-order chi connectivity index (χ1) is 14.0. The minimum absolute atomic E-state index is 0.153. The third-order valence-electron chi connectivity index (χ3n) is 5.47. The van der Waals surface area contributed by atoms with Gasteiger partial charge in [0.1, 0.15) is 12.3 Å². The van der Waals surface area contributed by atoms with E-state index in [1.54, 1.807) is 16.2 Å². The van der Waals surface area contributed by atoms with Crippen molar-refractivity contribution in [3.05, 3.63) is 71.2 Å². The molecule has 4 rings (SSSR count). The van der Waals surface area contributed by atoms with Crippen LogP contribution >= 0.6 is 11.3 Å². The highest BCUT2D eigenvalue weighted by Crippen LogP contribution is 2.29. The maximum absolute atomic E-state index is 5.98. The molecule has 1 saturated heterocycles. The first kappa shape index (κ1) is 19.9. The lowest BCUT2D eigenvalue weighted by molar-refractivity contribution is -0.914. The van der Waals surface area contributed by atoms with E-state index in [1.807, 2.05) is 18.3 Å². The van der Waals surface area contributed by atoms with E-state index in [0.29, 0.717) is 0 Å². The van der Waals surface area contributed by atoms with Crippen molar-refractivity contribution in [3.8, 4) is 10.9 Å². The number of benzene rings is 2. The van der Waals surface area contributed by atoms with Crippen LogP contribution in [-0.4, -0.2) is 31.2 Å². The molecule has 1 aliphatic rings. The number of thiazole rings is 1. The molecule has 3 aromatic rings. The van der Waals surface area contributed by atoms with Gasteiger partial charge in [-0.3, -0.25) is 0 Å². The number of nitrogens with zero attached hydrogens (tertiary/aromatic N) is 2. The number of hydrogen-bond acceptors (Lipinski definition) is 4. The van der Waals surface area contributed by atoms with Crippen molar-refractivity contribution in [2.24, 2.45) is 0 Å². The summed E-state index contributed by atoms with van der Waals surface area (Å²) in [5, 5.41) is 0.728. The molecule has 1 aromatic heterocycles. The van der Waals surface area contributed by atoms with Crippen LogP contribution in [0.5, 0.6) is 10.9 Å². The molecular weight excluding hydrogens is 378 g/mol. The summed E-state index contributed by atoms with van der Waals surface area (Å²) in [6.07, 6.45) is 1.97. The van der Waals surface area contributed by atoms with Crippen LogP contribution < -0.4 is 14.5 Å². The fourth-order valence-corrected chi connectivity index (χ4v) is 4.53. The van der Waals surface area contributed by atoms with Gasteiger partial charge in [-0.15, -0.1) is 0 Å². The van der Waals surface area contributed by atoms with Crippen molar-refractivity contribution < 1.29 is 9.64 Å². The van der Waals surface area contributed by atoms with Crippen molar-refractivity contribution in [1.29, 1.82) is 0 Å². The number of aromatic nitrogens is 1. The number of nitrogens with one attached hydrogen (secondary N) is 1. The first-order valence-corrected chi connectivity index (χ1v) is 11.2. The monoisotopic (exact) mass is 408 g/mol. The third kappa shape index (κ3) is 5.17. The highest BCUT2D eigenvalue weighted by atomic mass is 32.1. The Morgan fingerprint density at radius 3 is 2.34 bits per heavy atom. The summed E-state index contributed by atoms with van der Waals surface area (Å²) in [4.78, 5) is 9.86. The number of rotatable bonds is 5. The van der Waals surface area contributed by atoms with Crippen LogP contribution in [-0.2, 0) is 12.0 Å². The van der Waals surface area contributed by atoms with Gasteiger partial charge in [-0.25, -0.2) is 4.98 Å². The molecule has 2 aromatic carbocycles. The van der Waals surface area contributed by atoms with Crippen LogP contribution in [0.15, 0.2) is 60.8 Å². The van der Waals surface area contributed by atoms with E-state index in [0.717, 1.165) is 43.7 Å². The summed E-state index contributed by atoms with van der Waals surface area (Å²) in [6, 6.07) is 19.1. The molecule has 1 aliphatic heterocycles. The van der Waals surface area contributed by atoms with Gasteiger partial charge in [0.25, 0.3) is 5.19 Å². The second-order valence-electron chi connectivity index (χ2n) is 8.72. The molecule has 152 valence electrons. The lowest BCUT2D eigenvalue weighted by atomic mass is 9.87. The Kier molecular flexibility index (Phi) is 5.88. The van der Waals surface area contributed by atoms with E-state index in [4.69, 9.17) is 4.74 Å². The second kappa shape index (κ2) is 8.56. The Balaban J connectivity index is 1.30. The predicted octanol–water partition coefficient (Wildman–Crippen LogP) is 4.14. The van der Waals surface area contributed by atoms with Crippen molar-refractivity contribution in [2.75, 3.05) is 31.1 Å². The highest BCUT2D eigenvalue weighted by Gasteiger charge is 2.21. The fourth-order valence-electron chi connectivity index (χ4n) is 3.69. The minimum atomic E-state index is 0.153. The molecule has 0 bridgehead atoms. The van der Waals surface area contributed by atoms with E-state index in [-0.39, 0.29) is 5.41 Å². The SMILES string of the molecule is CC(C)(C)c1ccc(Oc2ncc(C[NH+]3CCN(c4ccccc4)CC3)s2)cc1. The zero-order valence-corrected chi connectivity index (χ0v) is 18.3. The average Bonchev–Trinajstić information content (AvgIpc) is 3.16. The Hall–Kier alpha value is -2.37. The van der Waals surface area contributed by atoms with Gasteiger partial charge in [-0.1, -0.05) is 62.4 Å². The van der Waals surface area contributed by atoms with Crippen LogP contribution in [0.1, 0.15) is 31.2 Å². The van der Waals surface area contributed by atoms with Crippen LogP contribution in [0.3, 0.4) is 0 Å². The van der Waals surface area contributed by atoms with Crippen molar-refractivity contribution in [3.63, 3.8) is 0 Å². The van der Waals surface area contributed by atoms with Gasteiger partial charge < -0.3 is 14.5 Å². The lowest BCUT2D eigenvalue weighted by Crippen LogP contribution is -3.13. The molecule has 29 heavy (non-hydrogen) atoms. The smallest absolute Gasteiger partial charge is 0.279 e. The van der Waals surface area contributed by atoms with Gasteiger partial charge in [-0.2, -0.15) is 0 Å². The van der Waals surface area contributed by atoms with Crippen LogP contribution in [0.2, 0.25) is 0 Å². The quantitative estimate of drug-likeness (QED) is 0.688. The summed E-state index contributed by atoms with van der Waals surface area (Å²) in [5.41, 5.74) is 2.79. The molecule has 1 fully saturated rings. The second-order valence-corrected chi connectivity index (χ2v) is 9.80. The predicted molar refractivity (Wildman–Crippen MR) is 120 cm³/mol. The zero-order chi connectivity index (χ0) is 20.3. The number of quaternary nitrogens is 1. The van der Waals surface area contributed by atoms with E-state index in [2.05, 4.69) is 73.1 Å². The third-order valence-corrected chi connectivity index (χ3v) is 6.35. The summed E-state index contributed by atoms with van der Waals surface area (Å²) in [7, 11) is 0. The number of anilines is 1. The van der Waals surface area contributed by atoms with E-state index in [1.165, 1.54) is 16.1 Å². The molecule has 0 spiro atoms. The maximum Gasteiger partial charge on any atom is 0.279 e. The Bertz CT molecular complexity index is 907. The summed E-state index contributed by atoms with van der Waals surface area (Å²) in [5.74, 6) is 0.850. The molecule has 0 radical (unpaired) electrons. The molecule has 2 heterocycles. The molecular formula is C24H30N3OS+. The van der Waals surface area contributed by atoms with Gasteiger partial charge >= 0.3 is 0 Å². The Morgan fingerprint density at radius 1 is 1.00 bits per heavy atom. The summed E-state index contributed by atoms with van der Waals surface area (Å²) >= 11 is 1.66. The van der Waals surface area contributed by atoms with Gasteiger partial charge in [0.05, 0.1) is 37.3 Å². The Labute approximate surface area is 177 Å². The van der Waals surface area contributed by atoms with Crippen molar-refractivity contribution in [2.45, 2.75) is 32.7 Å². The zero-order valence-electron chi connectivity index (χ0n) is 17.5. The van der Waals surface area contributed by atoms with Crippen molar-refractivity contribution in [1.82, 2.24) is 4.98 Å². The van der Waals surface area contributed by atoms with Crippen LogP contribution in [0.25, 0.3) is 0 Å². The van der Waals surface area contributed by atoms with E-state index in [9.17, 15) is 0 Å².